The molecule has 1 heterocycles. The van der Waals surface area contributed by atoms with Gasteiger partial charge < -0.3 is 30.6 Å². The van der Waals surface area contributed by atoms with Crippen LogP contribution in [0.5, 0.6) is 0 Å². The van der Waals surface area contributed by atoms with E-state index in [0.717, 1.165) is 54.0 Å². The number of aromatic amines is 1. The second-order valence-electron chi connectivity index (χ2n) is 12.4. The minimum absolute atomic E-state index is 0.113. The number of fused-ring (bicyclic) bond motifs is 1. The van der Waals surface area contributed by atoms with Crippen LogP contribution in [0, 0.1) is 23.7 Å². The monoisotopic (exact) mass is 545 g/mol. The van der Waals surface area contributed by atoms with E-state index in [1.54, 1.807) is 31.2 Å². The Hall–Kier alpha value is -3.36. The topological polar surface area (TPSA) is 124 Å². The molecule has 1 aromatic heterocycles. The first-order chi connectivity index (χ1) is 19.3. The third kappa shape index (κ3) is 5.22. The van der Waals surface area contributed by atoms with Crippen molar-refractivity contribution in [2.75, 3.05) is 6.61 Å². The van der Waals surface area contributed by atoms with Gasteiger partial charge in [-0.1, -0.05) is 48.5 Å². The molecule has 0 saturated heterocycles. The summed E-state index contributed by atoms with van der Waals surface area (Å²) in [5, 5.41) is 27.7. The molecule has 8 heteroatoms. The summed E-state index contributed by atoms with van der Waals surface area (Å²) in [6.45, 7) is 1.20. The van der Waals surface area contributed by atoms with E-state index in [4.69, 9.17) is 4.74 Å². The van der Waals surface area contributed by atoms with Crippen LogP contribution in [0.3, 0.4) is 0 Å². The molecule has 40 heavy (non-hydrogen) atoms. The zero-order valence-electron chi connectivity index (χ0n) is 22.9. The minimum atomic E-state index is -1.40. The van der Waals surface area contributed by atoms with E-state index in [1.807, 2.05) is 36.5 Å². The van der Waals surface area contributed by atoms with Crippen molar-refractivity contribution in [3.05, 3.63) is 71.9 Å². The Morgan fingerprint density at radius 3 is 2.33 bits per heavy atom. The van der Waals surface area contributed by atoms with Crippen LogP contribution in [0.25, 0.3) is 10.9 Å². The third-order valence-corrected chi connectivity index (χ3v) is 9.52. The fourth-order valence-corrected chi connectivity index (χ4v) is 7.72. The molecule has 212 valence electrons. The first kappa shape index (κ1) is 26.8. The number of ether oxygens (including phenoxy) is 1. The highest BCUT2D eigenvalue weighted by molar-refractivity contribution is 5.91. The highest BCUT2D eigenvalue weighted by atomic mass is 16.6. The minimum Gasteiger partial charge on any atom is -0.446 e. The Bertz CT molecular complexity index is 1330. The van der Waals surface area contributed by atoms with Gasteiger partial charge in [-0.05, 0) is 79.9 Å². The van der Waals surface area contributed by atoms with Gasteiger partial charge in [-0.2, -0.15) is 0 Å². The van der Waals surface area contributed by atoms with Gasteiger partial charge in [0.25, 0.3) is 0 Å². The summed E-state index contributed by atoms with van der Waals surface area (Å²) in [5.41, 5.74) is 0.976. The number of H-pyrrole nitrogens is 1. The molecular formula is C32H39N3O5. The fraction of sp³-hybridized carbons (Fsp3) is 0.500. The molecule has 0 radical (unpaired) electrons. The van der Waals surface area contributed by atoms with Crippen molar-refractivity contribution in [1.29, 1.82) is 0 Å². The van der Waals surface area contributed by atoms with Crippen LogP contribution >= 0.6 is 0 Å². The molecule has 2 amide bonds. The van der Waals surface area contributed by atoms with E-state index < -0.39 is 36.3 Å². The van der Waals surface area contributed by atoms with E-state index in [-0.39, 0.29) is 12.5 Å². The lowest BCUT2D eigenvalue weighted by Gasteiger charge is -2.53. The lowest BCUT2D eigenvalue weighted by molar-refractivity contribution is -0.130. The first-order valence-electron chi connectivity index (χ1n) is 14.5. The van der Waals surface area contributed by atoms with Crippen molar-refractivity contribution in [3.63, 3.8) is 0 Å². The molecule has 2 aromatic carbocycles. The van der Waals surface area contributed by atoms with Gasteiger partial charge in [0, 0.05) is 23.5 Å². The van der Waals surface area contributed by atoms with Crippen LogP contribution in [0.1, 0.15) is 56.3 Å². The number of aliphatic hydroxyl groups is 2. The van der Waals surface area contributed by atoms with Gasteiger partial charge in [0.05, 0.1) is 12.6 Å². The zero-order valence-corrected chi connectivity index (χ0v) is 22.9. The van der Waals surface area contributed by atoms with Gasteiger partial charge in [0.2, 0.25) is 5.91 Å². The van der Waals surface area contributed by atoms with Gasteiger partial charge in [0.15, 0.2) is 0 Å². The largest absolute Gasteiger partial charge is 0.446 e. The van der Waals surface area contributed by atoms with E-state index in [9.17, 15) is 19.8 Å². The van der Waals surface area contributed by atoms with Crippen LogP contribution in [0.2, 0.25) is 0 Å². The van der Waals surface area contributed by atoms with Crippen LogP contribution in [0.15, 0.2) is 60.8 Å². The van der Waals surface area contributed by atoms with Gasteiger partial charge in [0.1, 0.15) is 17.7 Å². The summed E-state index contributed by atoms with van der Waals surface area (Å²) < 4.78 is 6.09. The lowest BCUT2D eigenvalue weighted by atomic mass is 9.55. The molecule has 4 bridgehead atoms. The number of aliphatic hydroxyl groups excluding tert-OH is 2. The Kier molecular flexibility index (Phi) is 7.31. The number of hydrogen-bond donors (Lipinski definition) is 5. The van der Waals surface area contributed by atoms with Gasteiger partial charge >= 0.3 is 6.09 Å². The molecule has 0 unspecified atom stereocenters. The molecule has 0 aliphatic heterocycles. The summed E-state index contributed by atoms with van der Waals surface area (Å²) in [5.74, 6) is 1.81. The molecule has 3 aromatic rings. The number of aromatic nitrogens is 1. The van der Waals surface area contributed by atoms with E-state index >= 15 is 0 Å². The maximum atomic E-state index is 13.9. The number of para-hydroxylation sites is 1. The molecule has 5 N–H and O–H groups in total. The molecule has 4 fully saturated rings. The summed E-state index contributed by atoms with van der Waals surface area (Å²) in [6.07, 6.45) is 6.01. The third-order valence-electron chi connectivity index (χ3n) is 9.52. The molecular weight excluding hydrogens is 506 g/mol. The predicted octanol–water partition coefficient (Wildman–Crippen LogP) is 4.23. The predicted molar refractivity (Wildman–Crippen MR) is 151 cm³/mol. The molecule has 0 spiro atoms. The van der Waals surface area contributed by atoms with Crippen molar-refractivity contribution in [1.82, 2.24) is 15.6 Å². The lowest BCUT2D eigenvalue weighted by Crippen LogP contribution is -2.61. The van der Waals surface area contributed by atoms with Gasteiger partial charge in [-0.25, -0.2) is 4.79 Å². The van der Waals surface area contributed by atoms with Crippen LogP contribution in [0.4, 0.5) is 4.79 Å². The maximum absolute atomic E-state index is 13.9. The summed E-state index contributed by atoms with van der Waals surface area (Å²) in [4.78, 5) is 30.6. The average Bonchev–Trinajstić information content (AvgIpc) is 3.35. The van der Waals surface area contributed by atoms with Crippen molar-refractivity contribution >= 4 is 22.9 Å². The van der Waals surface area contributed by atoms with Crippen molar-refractivity contribution in [2.45, 2.75) is 69.2 Å². The Morgan fingerprint density at radius 1 is 1.00 bits per heavy atom. The number of alkyl carbamates (subject to hydrolysis) is 1. The van der Waals surface area contributed by atoms with E-state index in [0.29, 0.717) is 17.4 Å². The second kappa shape index (κ2) is 10.9. The number of carbonyl (C=O) groups is 2. The van der Waals surface area contributed by atoms with Gasteiger partial charge in [-0.15, -0.1) is 0 Å². The summed E-state index contributed by atoms with van der Waals surface area (Å²) in [7, 11) is 0. The quantitative estimate of drug-likeness (QED) is 0.275. The smallest absolute Gasteiger partial charge is 0.408 e. The molecule has 7 rings (SSSR count). The first-order valence-corrected chi connectivity index (χ1v) is 14.5. The zero-order chi connectivity index (χ0) is 27.9. The summed E-state index contributed by atoms with van der Waals surface area (Å²) >= 11 is 0. The Morgan fingerprint density at radius 2 is 1.65 bits per heavy atom. The molecule has 4 aliphatic carbocycles. The highest BCUT2D eigenvalue weighted by Gasteiger charge is 2.50. The number of hydrogen-bond acceptors (Lipinski definition) is 5. The fourth-order valence-electron chi connectivity index (χ4n) is 7.72. The van der Waals surface area contributed by atoms with Crippen molar-refractivity contribution in [3.8, 4) is 0 Å². The number of rotatable bonds is 9. The number of amides is 2. The van der Waals surface area contributed by atoms with E-state index in [1.165, 1.54) is 6.42 Å². The van der Waals surface area contributed by atoms with E-state index in [2.05, 4.69) is 15.6 Å². The summed E-state index contributed by atoms with van der Waals surface area (Å²) in [6, 6.07) is 15.7. The highest BCUT2D eigenvalue weighted by Crippen LogP contribution is 2.54. The second-order valence-corrected chi connectivity index (χ2v) is 12.4. The Balaban J connectivity index is 1.22. The van der Waals surface area contributed by atoms with Gasteiger partial charge in [-0.3, -0.25) is 4.79 Å². The Labute approximate surface area is 234 Å². The van der Waals surface area contributed by atoms with Crippen LogP contribution < -0.4 is 10.6 Å². The SMILES string of the molecule is C[C@@](Cc1c[nH]c2ccccc12)(NC(=O)OC1C2CC3CC(C2)CC1C3)C(=O)N[C@H](CO)[C@H](O)c1ccccc1. The normalized spacial score (nSPS) is 28.0. The molecule has 4 aliphatic rings. The van der Waals surface area contributed by atoms with Crippen molar-refractivity contribution in [2.24, 2.45) is 23.7 Å². The van der Waals surface area contributed by atoms with Crippen molar-refractivity contribution < 1.29 is 24.5 Å². The standard InChI is InChI=1S/C32H39N3O5/c1-32(16-24-17-33-26-10-6-5-9-25(24)26,30(38)34-27(18-36)28(37)21-7-3-2-4-8-21)35-31(39)40-29-22-12-19-11-20(14-22)15-23(29)13-19/h2-10,17,19-20,22-23,27-29,33,36-37H,11-16,18H2,1H3,(H,34,38)(H,35,39)/t19?,20?,22?,23?,27-,28-,29?,32+/m1/s1. The number of benzene rings is 2. The van der Waals surface area contributed by atoms with Crippen LogP contribution in [-0.4, -0.2) is 51.5 Å². The average molecular weight is 546 g/mol. The molecule has 3 atom stereocenters. The van der Waals surface area contributed by atoms with Crippen LogP contribution in [-0.2, 0) is 16.0 Å². The maximum Gasteiger partial charge on any atom is 0.408 e. The number of nitrogens with one attached hydrogen (secondary N) is 3. The molecule has 8 nitrogen and oxygen atoms in total. The molecule has 4 saturated carbocycles. The number of carbonyl (C=O) groups excluding carboxylic acids is 2.